The summed E-state index contributed by atoms with van der Waals surface area (Å²) in [7, 11) is 0. The minimum atomic E-state index is -0.162. The highest BCUT2D eigenvalue weighted by Crippen LogP contribution is 2.20. The number of piperidine rings is 1. The maximum atomic E-state index is 12.0. The van der Waals surface area contributed by atoms with Crippen molar-refractivity contribution < 1.29 is 9.53 Å². The Hall–Kier alpha value is -1.51. The summed E-state index contributed by atoms with van der Waals surface area (Å²) in [4.78, 5) is 13.9. The van der Waals surface area contributed by atoms with E-state index in [-0.39, 0.29) is 6.09 Å². The molecule has 0 bridgehead atoms. The van der Waals surface area contributed by atoms with Crippen LogP contribution in [0, 0.1) is 0 Å². The summed E-state index contributed by atoms with van der Waals surface area (Å²) in [5, 5.41) is 0. The molecule has 1 aromatic rings. The first-order valence-corrected chi connectivity index (χ1v) is 6.78. The van der Waals surface area contributed by atoms with Crippen LogP contribution in [-0.4, -0.2) is 23.6 Å². The predicted octanol–water partition coefficient (Wildman–Crippen LogP) is 3.59. The van der Waals surface area contributed by atoms with Gasteiger partial charge in [0.1, 0.15) is 6.61 Å². The highest BCUT2D eigenvalue weighted by atomic mass is 16.6. The van der Waals surface area contributed by atoms with Gasteiger partial charge < -0.3 is 9.64 Å². The number of ether oxygens (including phenoxy) is 1. The summed E-state index contributed by atoms with van der Waals surface area (Å²) in [6, 6.07) is 10.2. The smallest absolute Gasteiger partial charge is 0.410 e. The molecule has 1 heterocycles. The lowest BCUT2D eigenvalue weighted by molar-refractivity contribution is 0.0672. The third-order valence-corrected chi connectivity index (χ3v) is 3.54. The molecule has 1 aliphatic heterocycles. The largest absolute Gasteiger partial charge is 0.445 e. The molecule has 1 aromatic carbocycles. The molecule has 3 heteroatoms. The molecule has 98 valence electrons. The zero-order valence-electron chi connectivity index (χ0n) is 11.0. The van der Waals surface area contributed by atoms with Crippen LogP contribution < -0.4 is 0 Å². The first kappa shape index (κ1) is 12.9. The van der Waals surface area contributed by atoms with E-state index in [4.69, 9.17) is 4.74 Å². The molecule has 1 saturated heterocycles. The SMILES string of the molecule is CC[C@@H]1CCCCN1C(=O)OCc1ccccc1. The first-order chi connectivity index (χ1) is 8.81. The number of likely N-dealkylation sites (tertiary alicyclic amines) is 1. The molecule has 1 atom stereocenters. The molecule has 1 fully saturated rings. The highest BCUT2D eigenvalue weighted by Gasteiger charge is 2.26. The van der Waals surface area contributed by atoms with Crippen molar-refractivity contribution >= 4 is 6.09 Å². The van der Waals surface area contributed by atoms with E-state index in [1.165, 1.54) is 6.42 Å². The van der Waals surface area contributed by atoms with Crippen molar-refractivity contribution in [3.63, 3.8) is 0 Å². The number of amides is 1. The van der Waals surface area contributed by atoms with E-state index in [1.807, 2.05) is 35.2 Å². The fourth-order valence-corrected chi connectivity index (χ4v) is 2.47. The Morgan fingerprint density at radius 1 is 1.33 bits per heavy atom. The molecule has 0 N–H and O–H groups in total. The maximum Gasteiger partial charge on any atom is 0.410 e. The topological polar surface area (TPSA) is 29.5 Å². The van der Waals surface area contributed by atoms with E-state index in [0.29, 0.717) is 12.6 Å². The van der Waals surface area contributed by atoms with Gasteiger partial charge in [0, 0.05) is 12.6 Å². The van der Waals surface area contributed by atoms with Crippen LogP contribution in [0.1, 0.15) is 38.2 Å². The van der Waals surface area contributed by atoms with Crippen LogP contribution >= 0.6 is 0 Å². The van der Waals surface area contributed by atoms with Crippen LogP contribution in [0.5, 0.6) is 0 Å². The summed E-state index contributed by atoms with van der Waals surface area (Å²) in [5.41, 5.74) is 1.04. The van der Waals surface area contributed by atoms with Crippen LogP contribution in [0.25, 0.3) is 0 Å². The Bertz CT molecular complexity index is 377. The number of benzene rings is 1. The van der Waals surface area contributed by atoms with E-state index in [0.717, 1.165) is 31.4 Å². The third-order valence-electron chi connectivity index (χ3n) is 3.54. The predicted molar refractivity (Wildman–Crippen MR) is 71.3 cm³/mol. The Balaban J connectivity index is 1.87. The fraction of sp³-hybridized carbons (Fsp3) is 0.533. The average molecular weight is 247 g/mol. The molecule has 0 spiro atoms. The minimum absolute atomic E-state index is 0.162. The average Bonchev–Trinajstić information content (AvgIpc) is 2.45. The summed E-state index contributed by atoms with van der Waals surface area (Å²) >= 11 is 0. The molecule has 0 aliphatic carbocycles. The molecule has 0 radical (unpaired) electrons. The Labute approximate surface area is 109 Å². The molecule has 18 heavy (non-hydrogen) atoms. The molecule has 0 unspecified atom stereocenters. The van der Waals surface area contributed by atoms with Gasteiger partial charge in [-0.15, -0.1) is 0 Å². The second-order valence-corrected chi connectivity index (χ2v) is 4.79. The van der Waals surface area contributed by atoms with Gasteiger partial charge in [0.2, 0.25) is 0 Å². The number of carbonyl (C=O) groups is 1. The van der Waals surface area contributed by atoms with Gasteiger partial charge in [-0.1, -0.05) is 37.3 Å². The monoisotopic (exact) mass is 247 g/mol. The maximum absolute atomic E-state index is 12.0. The Morgan fingerprint density at radius 2 is 2.11 bits per heavy atom. The van der Waals surface area contributed by atoms with Crippen LogP contribution in [0.2, 0.25) is 0 Å². The highest BCUT2D eigenvalue weighted by molar-refractivity contribution is 5.68. The first-order valence-electron chi connectivity index (χ1n) is 6.78. The van der Waals surface area contributed by atoms with Gasteiger partial charge in [-0.25, -0.2) is 4.79 Å². The number of carbonyl (C=O) groups excluding carboxylic acids is 1. The molecular weight excluding hydrogens is 226 g/mol. The van der Waals surface area contributed by atoms with E-state index in [9.17, 15) is 4.79 Å². The zero-order chi connectivity index (χ0) is 12.8. The van der Waals surface area contributed by atoms with Crippen LogP contribution in [0.4, 0.5) is 4.79 Å². The van der Waals surface area contributed by atoms with E-state index in [2.05, 4.69) is 6.92 Å². The number of nitrogens with zero attached hydrogens (tertiary/aromatic N) is 1. The van der Waals surface area contributed by atoms with E-state index >= 15 is 0 Å². The van der Waals surface area contributed by atoms with Crippen LogP contribution in [-0.2, 0) is 11.3 Å². The van der Waals surface area contributed by atoms with Crippen LogP contribution in [0.3, 0.4) is 0 Å². The van der Waals surface area contributed by atoms with Gasteiger partial charge in [0.25, 0.3) is 0 Å². The van der Waals surface area contributed by atoms with Crippen molar-refractivity contribution in [1.29, 1.82) is 0 Å². The van der Waals surface area contributed by atoms with Gasteiger partial charge in [-0.05, 0) is 31.2 Å². The van der Waals surface area contributed by atoms with Gasteiger partial charge in [-0.3, -0.25) is 0 Å². The second-order valence-electron chi connectivity index (χ2n) is 4.79. The summed E-state index contributed by atoms with van der Waals surface area (Å²) in [5.74, 6) is 0. The molecule has 3 nitrogen and oxygen atoms in total. The Kier molecular flexibility index (Phi) is 4.62. The number of hydrogen-bond acceptors (Lipinski definition) is 2. The van der Waals surface area contributed by atoms with Gasteiger partial charge in [0.05, 0.1) is 0 Å². The van der Waals surface area contributed by atoms with Crippen molar-refractivity contribution in [1.82, 2.24) is 4.90 Å². The molecule has 0 saturated carbocycles. The molecule has 2 rings (SSSR count). The van der Waals surface area contributed by atoms with Crippen molar-refractivity contribution in [2.45, 2.75) is 45.3 Å². The number of rotatable bonds is 3. The zero-order valence-corrected chi connectivity index (χ0v) is 11.0. The fourth-order valence-electron chi connectivity index (χ4n) is 2.47. The lowest BCUT2D eigenvalue weighted by atomic mass is 10.0. The van der Waals surface area contributed by atoms with Crippen molar-refractivity contribution in [2.75, 3.05) is 6.54 Å². The molecule has 1 aliphatic rings. The van der Waals surface area contributed by atoms with Crippen molar-refractivity contribution in [2.24, 2.45) is 0 Å². The summed E-state index contributed by atoms with van der Waals surface area (Å²) < 4.78 is 5.39. The van der Waals surface area contributed by atoms with Crippen molar-refractivity contribution in [3.05, 3.63) is 35.9 Å². The second kappa shape index (κ2) is 6.43. The van der Waals surface area contributed by atoms with Crippen LogP contribution in [0.15, 0.2) is 30.3 Å². The standard InChI is InChI=1S/C15H21NO2/c1-2-14-10-6-7-11-16(14)15(17)18-12-13-8-4-3-5-9-13/h3-5,8-9,14H,2,6-7,10-12H2,1H3/t14-/m1/s1. The van der Waals surface area contributed by atoms with Crippen molar-refractivity contribution in [3.8, 4) is 0 Å². The Morgan fingerprint density at radius 3 is 2.83 bits per heavy atom. The normalized spacial score (nSPS) is 19.6. The third kappa shape index (κ3) is 3.25. The summed E-state index contributed by atoms with van der Waals surface area (Å²) in [6.45, 7) is 3.34. The quantitative estimate of drug-likeness (QED) is 0.817. The lowest BCUT2D eigenvalue weighted by Gasteiger charge is -2.34. The molecule has 0 aromatic heterocycles. The van der Waals surface area contributed by atoms with Gasteiger partial charge in [0.15, 0.2) is 0 Å². The van der Waals surface area contributed by atoms with E-state index < -0.39 is 0 Å². The lowest BCUT2D eigenvalue weighted by Crippen LogP contribution is -2.43. The van der Waals surface area contributed by atoms with Gasteiger partial charge >= 0.3 is 6.09 Å². The molecular formula is C15H21NO2. The molecule has 1 amide bonds. The summed E-state index contributed by atoms with van der Waals surface area (Å²) in [6.07, 6.45) is 4.28. The van der Waals surface area contributed by atoms with Gasteiger partial charge in [-0.2, -0.15) is 0 Å². The number of hydrogen-bond donors (Lipinski definition) is 0. The minimum Gasteiger partial charge on any atom is -0.445 e. The van der Waals surface area contributed by atoms with E-state index in [1.54, 1.807) is 0 Å².